The van der Waals surface area contributed by atoms with Crippen LogP contribution in [0.3, 0.4) is 0 Å². The van der Waals surface area contributed by atoms with Crippen molar-refractivity contribution in [3.8, 4) is 0 Å². The van der Waals surface area contributed by atoms with Crippen LogP contribution in [0, 0.1) is 5.92 Å². The average Bonchev–Trinajstić information content (AvgIpc) is 2.89. The zero-order valence-electron chi connectivity index (χ0n) is 15.2. The maximum absolute atomic E-state index is 13.2. The molecule has 5 heteroatoms. The second-order valence-corrected chi connectivity index (χ2v) is 8.28. The molecule has 1 aliphatic heterocycles. The Bertz CT molecular complexity index is 764. The van der Waals surface area contributed by atoms with Gasteiger partial charge >= 0.3 is 0 Å². The summed E-state index contributed by atoms with van der Waals surface area (Å²) in [6.07, 6.45) is 0.855. The minimum Gasteiger partial charge on any atom is -0.399 e. The number of para-hydroxylation sites is 3. The Balaban J connectivity index is 1.72. The molecule has 4 nitrogen and oxygen atoms in total. The van der Waals surface area contributed by atoms with Gasteiger partial charge in [0.05, 0.1) is 22.2 Å². The number of benzene rings is 2. The van der Waals surface area contributed by atoms with Gasteiger partial charge in [0.25, 0.3) is 0 Å². The molecular formula is C20H27N3OS. The van der Waals surface area contributed by atoms with Crippen molar-refractivity contribution >= 4 is 27.9 Å². The second kappa shape index (κ2) is 7.48. The standard InChI is InChI=1S/C20H27N3OS/c1-4-23-19-12-8-7-11-18(19)22(3)20(23)25(24)14-15(2)13-16-9-5-6-10-17(16)21/h5-12,15,20H,4,13-14,21H2,1-3H3. The number of nitrogens with two attached hydrogens (primary N) is 1. The van der Waals surface area contributed by atoms with E-state index in [9.17, 15) is 4.21 Å². The molecule has 0 saturated heterocycles. The normalized spacial score (nSPS) is 18.9. The van der Waals surface area contributed by atoms with Crippen molar-refractivity contribution in [3.63, 3.8) is 0 Å². The van der Waals surface area contributed by atoms with Gasteiger partial charge in [-0.15, -0.1) is 0 Å². The van der Waals surface area contributed by atoms with Crippen LogP contribution in [0.15, 0.2) is 48.5 Å². The quantitative estimate of drug-likeness (QED) is 0.805. The van der Waals surface area contributed by atoms with Crippen molar-refractivity contribution < 1.29 is 4.21 Å². The Kier molecular flexibility index (Phi) is 5.33. The zero-order valence-corrected chi connectivity index (χ0v) is 16.0. The lowest BCUT2D eigenvalue weighted by Gasteiger charge is -2.30. The number of hydrogen-bond donors (Lipinski definition) is 1. The molecule has 2 aromatic carbocycles. The largest absolute Gasteiger partial charge is 0.399 e. The van der Waals surface area contributed by atoms with Gasteiger partial charge in [0.15, 0.2) is 5.50 Å². The number of rotatable bonds is 6. The molecule has 3 unspecified atom stereocenters. The van der Waals surface area contributed by atoms with Crippen LogP contribution in [-0.2, 0) is 17.2 Å². The van der Waals surface area contributed by atoms with E-state index in [-0.39, 0.29) is 5.50 Å². The van der Waals surface area contributed by atoms with E-state index in [1.54, 1.807) is 0 Å². The van der Waals surface area contributed by atoms with Crippen LogP contribution in [0.2, 0.25) is 0 Å². The molecule has 1 heterocycles. The third-order valence-corrected chi connectivity index (χ3v) is 6.76. The van der Waals surface area contributed by atoms with E-state index < -0.39 is 10.8 Å². The topological polar surface area (TPSA) is 49.6 Å². The van der Waals surface area contributed by atoms with E-state index in [2.05, 4.69) is 41.8 Å². The van der Waals surface area contributed by atoms with E-state index in [0.717, 1.165) is 29.9 Å². The molecule has 0 radical (unpaired) electrons. The van der Waals surface area contributed by atoms with Gasteiger partial charge in [-0.25, -0.2) is 0 Å². The number of anilines is 3. The molecule has 134 valence electrons. The van der Waals surface area contributed by atoms with Crippen LogP contribution >= 0.6 is 0 Å². The van der Waals surface area contributed by atoms with Crippen LogP contribution in [-0.4, -0.2) is 29.1 Å². The smallest absolute Gasteiger partial charge is 0.180 e. The fraction of sp³-hybridized carbons (Fsp3) is 0.400. The molecule has 0 amide bonds. The molecule has 0 fully saturated rings. The molecule has 2 N–H and O–H groups in total. The predicted molar refractivity (Wildman–Crippen MR) is 108 cm³/mol. The maximum atomic E-state index is 13.2. The van der Waals surface area contributed by atoms with E-state index >= 15 is 0 Å². The number of fused-ring (bicyclic) bond motifs is 1. The molecular weight excluding hydrogens is 330 g/mol. The summed E-state index contributed by atoms with van der Waals surface area (Å²) in [6.45, 7) is 5.12. The number of hydrogen-bond acceptors (Lipinski definition) is 4. The summed E-state index contributed by atoms with van der Waals surface area (Å²) in [5, 5.41) is 0. The zero-order chi connectivity index (χ0) is 18.0. The highest BCUT2D eigenvalue weighted by Crippen LogP contribution is 2.39. The lowest BCUT2D eigenvalue weighted by Crippen LogP contribution is -2.46. The van der Waals surface area contributed by atoms with E-state index in [0.29, 0.717) is 11.7 Å². The SMILES string of the molecule is CCN1c2ccccc2N(C)C1S(=O)CC(C)Cc1ccccc1N. The van der Waals surface area contributed by atoms with E-state index in [1.165, 1.54) is 5.69 Å². The number of nitrogen functional groups attached to an aromatic ring is 1. The van der Waals surface area contributed by atoms with Crippen molar-refractivity contribution in [1.82, 2.24) is 0 Å². The van der Waals surface area contributed by atoms with Gasteiger partial charge in [0.2, 0.25) is 0 Å². The Labute approximate surface area is 153 Å². The highest BCUT2D eigenvalue weighted by Gasteiger charge is 2.36. The van der Waals surface area contributed by atoms with Gasteiger partial charge < -0.3 is 15.5 Å². The van der Waals surface area contributed by atoms with Crippen LogP contribution in [0.1, 0.15) is 19.4 Å². The Morgan fingerprint density at radius 2 is 1.76 bits per heavy atom. The predicted octanol–water partition coefficient (Wildman–Crippen LogP) is 3.46. The summed E-state index contributed by atoms with van der Waals surface area (Å²) in [6, 6.07) is 16.2. The third-order valence-electron chi connectivity index (χ3n) is 4.82. The summed E-state index contributed by atoms with van der Waals surface area (Å²) in [4.78, 5) is 4.40. The molecule has 0 aliphatic carbocycles. The molecule has 3 rings (SSSR count). The highest BCUT2D eigenvalue weighted by atomic mass is 32.2. The first kappa shape index (κ1) is 17.8. The Morgan fingerprint density at radius 1 is 1.12 bits per heavy atom. The number of nitrogens with zero attached hydrogens (tertiary/aromatic N) is 2. The van der Waals surface area contributed by atoms with Gasteiger partial charge in [-0.1, -0.05) is 37.3 Å². The van der Waals surface area contributed by atoms with E-state index in [4.69, 9.17) is 5.73 Å². The summed E-state index contributed by atoms with van der Waals surface area (Å²) in [5.74, 6) is 0.967. The fourth-order valence-electron chi connectivity index (χ4n) is 3.62. The van der Waals surface area contributed by atoms with Gasteiger partial charge in [-0.05, 0) is 43.0 Å². The fourth-order valence-corrected chi connectivity index (χ4v) is 5.48. The average molecular weight is 358 g/mol. The van der Waals surface area contributed by atoms with Gasteiger partial charge in [0, 0.05) is 25.0 Å². The van der Waals surface area contributed by atoms with Crippen molar-refractivity contribution in [2.75, 3.05) is 34.9 Å². The minimum absolute atomic E-state index is 0.0991. The van der Waals surface area contributed by atoms with Crippen molar-refractivity contribution in [2.24, 2.45) is 5.92 Å². The minimum atomic E-state index is -0.981. The maximum Gasteiger partial charge on any atom is 0.180 e. The molecule has 0 aromatic heterocycles. The van der Waals surface area contributed by atoms with Crippen molar-refractivity contribution in [1.29, 1.82) is 0 Å². The summed E-state index contributed by atoms with van der Waals surface area (Å²) in [5.41, 5.74) is 10.2. The molecule has 1 aliphatic rings. The summed E-state index contributed by atoms with van der Waals surface area (Å²) in [7, 11) is 1.06. The third kappa shape index (κ3) is 3.52. The molecule has 2 aromatic rings. The first-order valence-electron chi connectivity index (χ1n) is 8.82. The van der Waals surface area contributed by atoms with Gasteiger partial charge in [-0.2, -0.15) is 0 Å². The summed E-state index contributed by atoms with van der Waals surface area (Å²) < 4.78 is 13.2. The molecule has 25 heavy (non-hydrogen) atoms. The molecule has 0 bridgehead atoms. The molecule has 3 atom stereocenters. The van der Waals surface area contributed by atoms with Gasteiger partial charge in [-0.3, -0.25) is 4.21 Å². The van der Waals surface area contributed by atoms with Gasteiger partial charge in [0.1, 0.15) is 0 Å². The van der Waals surface area contributed by atoms with Crippen LogP contribution in [0.4, 0.5) is 17.1 Å². The lowest BCUT2D eigenvalue weighted by molar-refractivity contribution is 0.618. The monoisotopic (exact) mass is 357 g/mol. The van der Waals surface area contributed by atoms with Crippen molar-refractivity contribution in [2.45, 2.75) is 25.8 Å². The first-order valence-corrected chi connectivity index (χ1v) is 10.2. The van der Waals surface area contributed by atoms with Crippen LogP contribution in [0.5, 0.6) is 0 Å². The molecule has 0 saturated carbocycles. The van der Waals surface area contributed by atoms with E-state index in [1.807, 2.05) is 37.4 Å². The first-order chi connectivity index (χ1) is 12.0. The molecule has 0 spiro atoms. The second-order valence-electron chi connectivity index (χ2n) is 6.77. The highest BCUT2D eigenvalue weighted by molar-refractivity contribution is 7.85. The van der Waals surface area contributed by atoms with Crippen LogP contribution in [0.25, 0.3) is 0 Å². The Morgan fingerprint density at radius 3 is 2.44 bits per heavy atom. The summed E-state index contributed by atoms with van der Waals surface area (Å²) >= 11 is 0. The Hall–Kier alpha value is -2.01. The van der Waals surface area contributed by atoms with Crippen LogP contribution < -0.4 is 15.5 Å². The lowest BCUT2D eigenvalue weighted by atomic mass is 10.0. The van der Waals surface area contributed by atoms with Crippen molar-refractivity contribution in [3.05, 3.63) is 54.1 Å².